The fourth-order valence-electron chi connectivity index (χ4n) is 3.12. The molecule has 1 fully saturated rings. The van der Waals surface area contributed by atoms with E-state index in [-0.39, 0.29) is 5.84 Å². The van der Waals surface area contributed by atoms with E-state index in [0.29, 0.717) is 0 Å². The Labute approximate surface area is 122 Å². The Morgan fingerprint density at radius 1 is 1.30 bits per heavy atom. The first-order valence-electron chi connectivity index (χ1n) is 7.61. The molecule has 20 heavy (non-hydrogen) atoms. The summed E-state index contributed by atoms with van der Waals surface area (Å²) in [5.74, 6) is 1.05. The van der Waals surface area contributed by atoms with Gasteiger partial charge in [0.1, 0.15) is 5.84 Å². The number of nitrogens with one attached hydrogen (secondary N) is 1. The van der Waals surface area contributed by atoms with Gasteiger partial charge in [-0.3, -0.25) is 10.3 Å². The summed E-state index contributed by atoms with van der Waals surface area (Å²) in [5, 5.41) is 7.49. The van der Waals surface area contributed by atoms with Gasteiger partial charge >= 0.3 is 0 Å². The van der Waals surface area contributed by atoms with Crippen LogP contribution in [0.1, 0.15) is 49.3 Å². The fourth-order valence-corrected chi connectivity index (χ4v) is 3.12. The molecule has 0 aliphatic heterocycles. The lowest BCUT2D eigenvalue weighted by molar-refractivity contribution is 0.163. The Balaban J connectivity index is 2.00. The number of amidine groups is 1. The van der Waals surface area contributed by atoms with Crippen LogP contribution in [-0.2, 0) is 6.54 Å². The van der Waals surface area contributed by atoms with Gasteiger partial charge in [-0.05, 0) is 62.8 Å². The van der Waals surface area contributed by atoms with Gasteiger partial charge in [0.15, 0.2) is 0 Å². The van der Waals surface area contributed by atoms with Crippen LogP contribution in [0, 0.1) is 18.3 Å². The highest BCUT2D eigenvalue weighted by Gasteiger charge is 2.21. The number of benzene rings is 1. The lowest BCUT2D eigenvalue weighted by atomic mass is 9.86. The number of nitrogen functional groups attached to an aromatic ring is 1. The van der Waals surface area contributed by atoms with Crippen molar-refractivity contribution >= 4 is 5.84 Å². The average molecular weight is 273 g/mol. The zero-order valence-electron chi connectivity index (χ0n) is 12.9. The van der Waals surface area contributed by atoms with Crippen LogP contribution in [0.3, 0.4) is 0 Å². The van der Waals surface area contributed by atoms with Crippen LogP contribution in [0.2, 0.25) is 0 Å². The second-order valence-electron chi connectivity index (χ2n) is 6.38. The topological polar surface area (TPSA) is 53.1 Å². The molecule has 0 heterocycles. The second kappa shape index (κ2) is 6.40. The van der Waals surface area contributed by atoms with Gasteiger partial charge in [0.25, 0.3) is 0 Å². The van der Waals surface area contributed by atoms with Crippen molar-refractivity contribution in [3.63, 3.8) is 0 Å². The van der Waals surface area contributed by atoms with Crippen LogP contribution in [0.5, 0.6) is 0 Å². The van der Waals surface area contributed by atoms with Gasteiger partial charge in [-0.25, -0.2) is 0 Å². The third-order valence-electron chi connectivity index (χ3n) is 4.68. The summed E-state index contributed by atoms with van der Waals surface area (Å²) < 4.78 is 0. The van der Waals surface area contributed by atoms with E-state index in [1.807, 2.05) is 12.1 Å². The molecule has 110 valence electrons. The molecule has 1 aliphatic carbocycles. The number of aryl methyl sites for hydroxylation is 1. The van der Waals surface area contributed by atoms with Crippen molar-refractivity contribution in [3.05, 3.63) is 34.9 Å². The predicted molar refractivity (Wildman–Crippen MR) is 85.1 cm³/mol. The third-order valence-corrected chi connectivity index (χ3v) is 4.68. The van der Waals surface area contributed by atoms with E-state index in [1.165, 1.54) is 36.8 Å². The number of nitrogens with zero attached hydrogens (tertiary/aromatic N) is 1. The van der Waals surface area contributed by atoms with Crippen LogP contribution >= 0.6 is 0 Å². The van der Waals surface area contributed by atoms with Crippen LogP contribution < -0.4 is 5.73 Å². The second-order valence-corrected chi connectivity index (χ2v) is 6.38. The van der Waals surface area contributed by atoms with Crippen molar-refractivity contribution in [2.24, 2.45) is 11.7 Å². The largest absolute Gasteiger partial charge is 0.384 e. The molecule has 3 nitrogen and oxygen atoms in total. The summed E-state index contributed by atoms with van der Waals surface area (Å²) in [6.07, 6.45) is 5.36. The van der Waals surface area contributed by atoms with E-state index in [1.54, 1.807) is 0 Å². The van der Waals surface area contributed by atoms with Gasteiger partial charge in [0.2, 0.25) is 0 Å². The lowest BCUT2D eigenvalue weighted by Crippen LogP contribution is -2.34. The summed E-state index contributed by atoms with van der Waals surface area (Å²) in [4.78, 5) is 2.49. The Hall–Kier alpha value is -1.35. The summed E-state index contributed by atoms with van der Waals surface area (Å²) in [6, 6.07) is 6.82. The average Bonchev–Trinajstić information content (AvgIpc) is 2.41. The first kappa shape index (κ1) is 15.0. The smallest absolute Gasteiger partial charge is 0.122 e. The molecular formula is C17H27N3. The SMILES string of the molecule is Cc1cc(C(=N)N)ccc1CN(C)C1CCC(C)CC1. The maximum Gasteiger partial charge on any atom is 0.122 e. The highest BCUT2D eigenvalue weighted by molar-refractivity contribution is 5.95. The van der Waals surface area contributed by atoms with Crippen LogP contribution in [0.15, 0.2) is 18.2 Å². The van der Waals surface area contributed by atoms with E-state index in [2.05, 4.69) is 31.9 Å². The molecule has 3 heteroatoms. The van der Waals surface area contributed by atoms with Crippen molar-refractivity contribution in [1.82, 2.24) is 4.90 Å². The van der Waals surface area contributed by atoms with E-state index in [0.717, 1.165) is 24.1 Å². The van der Waals surface area contributed by atoms with Gasteiger partial charge in [-0.15, -0.1) is 0 Å². The minimum absolute atomic E-state index is 0.147. The highest BCUT2D eigenvalue weighted by atomic mass is 15.1. The molecule has 3 N–H and O–H groups in total. The van der Waals surface area contributed by atoms with Crippen molar-refractivity contribution in [2.45, 2.75) is 52.1 Å². The van der Waals surface area contributed by atoms with Crippen molar-refractivity contribution in [2.75, 3.05) is 7.05 Å². The van der Waals surface area contributed by atoms with E-state index in [4.69, 9.17) is 11.1 Å². The highest BCUT2D eigenvalue weighted by Crippen LogP contribution is 2.27. The summed E-state index contributed by atoms with van der Waals surface area (Å²) in [7, 11) is 2.24. The van der Waals surface area contributed by atoms with Gasteiger partial charge in [0.05, 0.1) is 0 Å². The maximum absolute atomic E-state index is 7.49. The van der Waals surface area contributed by atoms with Crippen molar-refractivity contribution < 1.29 is 0 Å². The van der Waals surface area contributed by atoms with Gasteiger partial charge in [-0.1, -0.05) is 19.1 Å². The predicted octanol–water partition coefficient (Wildman–Crippen LogP) is 3.29. The molecule has 0 spiro atoms. The number of hydrogen-bond acceptors (Lipinski definition) is 2. The molecule has 1 saturated carbocycles. The molecule has 0 amide bonds. The lowest BCUT2D eigenvalue weighted by Gasteiger charge is -2.34. The standard InChI is InChI=1S/C17H27N3/c1-12-4-8-16(9-5-12)20(3)11-15-7-6-14(17(18)19)10-13(15)2/h6-7,10,12,16H,4-5,8-9,11H2,1-3H3,(H3,18,19). The Bertz CT molecular complexity index is 473. The van der Waals surface area contributed by atoms with E-state index < -0.39 is 0 Å². The van der Waals surface area contributed by atoms with Gasteiger partial charge in [-0.2, -0.15) is 0 Å². The van der Waals surface area contributed by atoms with E-state index in [9.17, 15) is 0 Å². The first-order chi connectivity index (χ1) is 9.47. The van der Waals surface area contributed by atoms with Crippen molar-refractivity contribution in [3.8, 4) is 0 Å². The fraction of sp³-hybridized carbons (Fsp3) is 0.588. The maximum atomic E-state index is 7.49. The van der Waals surface area contributed by atoms with Crippen LogP contribution in [-0.4, -0.2) is 23.8 Å². The summed E-state index contributed by atoms with van der Waals surface area (Å²) >= 11 is 0. The number of rotatable bonds is 4. The summed E-state index contributed by atoms with van der Waals surface area (Å²) in [5.41, 5.74) is 8.93. The first-order valence-corrected chi connectivity index (χ1v) is 7.61. The zero-order chi connectivity index (χ0) is 14.7. The molecule has 0 aromatic heterocycles. The Kier molecular flexibility index (Phi) is 4.81. The molecule has 2 rings (SSSR count). The van der Waals surface area contributed by atoms with Crippen LogP contribution in [0.25, 0.3) is 0 Å². The van der Waals surface area contributed by atoms with Crippen LogP contribution in [0.4, 0.5) is 0 Å². The Morgan fingerprint density at radius 2 is 1.95 bits per heavy atom. The number of nitrogens with two attached hydrogens (primary N) is 1. The minimum atomic E-state index is 0.147. The molecule has 0 saturated heterocycles. The molecule has 0 atom stereocenters. The molecule has 1 aromatic carbocycles. The Morgan fingerprint density at radius 3 is 2.50 bits per heavy atom. The monoisotopic (exact) mass is 273 g/mol. The molecule has 0 bridgehead atoms. The molecule has 0 radical (unpaired) electrons. The quantitative estimate of drug-likeness (QED) is 0.653. The van der Waals surface area contributed by atoms with Gasteiger partial charge in [0, 0.05) is 18.2 Å². The summed E-state index contributed by atoms with van der Waals surface area (Å²) in [6.45, 7) is 5.46. The molecular weight excluding hydrogens is 246 g/mol. The van der Waals surface area contributed by atoms with Crippen molar-refractivity contribution in [1.29, 1.82) is 5.41 Å². The number of hydrogen-bond donors (Lipinski definition) is 2. The normalized spacial score (nSPS) is 23.0. The molecule has 0 unspecified atom stereocenters. The van der Waals surface area contributed by atoms with E-state index >= 15 is 0 Å². The zero-order valence-corrected chi connectivity index (χ0v) is 12.9. The third kappa shape index (κ3) is 3.60. The van der Waals surface area contributed by atoms with Gasteiger partial charge < -0.3 is 5.73 Å². The molecule has 1 aliphatic rings. The minimum Gasteiger partial charge on any atom is -0.384 e. The molecule has 1 aromatic rings.